The quantitative estimate of drug-likeness (QED) is 0.513. The number of alkyl halides is 3. The van der Waals surface area contributed by atoms with E-state index in [1.165, 1.54) is 30.5 Å². The van der Waals surface area contributed by atoms with E-state index >= 15 is 0 Å². The molecular weight excluding hydrogens is 487 g/mol. The summed E-state index contributed by atoms with van der Waals surface area (Å²) in [5.41, 5.74) is -0.116. The third kappa shape index (κ3) is 5.48. The Hall–Kier alpha value is -3.79. The third-order valence-corrected chi connectivity index (χ3v) is 5.79. The minimum absolute atomic E-state index is 0.00258. The van der Waals surface area contributed by atoms with Crippen molar-refractivity contribution >= 4 is 29.2 Å². The number of halogens is 4. The molecule has 11 heteroatoms. The highest BCUT2D eigenvalue weighted by molar-refractivity contribution is 6.32. The van der Waals surface area contributed by atoms with E-state index in [2.05, 4.69) is 4.98 Å². The van der Waals surface area contributed by atoms with E-state index in [-0.39, 0.29) is 46.8 Å². The number of benzene rings is 2. The fourth-order valence-corrected chi connectivity index (χ4v) is 3.89. The normalized spacial score (nSPS) is 14.1. The second kappa shape index (κ2) is 9.83. The van der Waals surface area contributed by atoms with Crippen LogP contribution < -0.4 is 9.64 Å². The largest absolute Gasteiger partial charge is 0.478 e. The number of rotatable bonds is 5. The number of aromatic carboxylic acids is 1. The highest BCUT2D eigenvalue weighted by atomic mass is 35.5. The Labute approximate surface area is 203 Å². The zero-order chi connectivity index (χ0) is 25.2. The number of carboxylic acids is 1. The molecule has 1 aliphatic rings. The van der Waals surface area contributed by atoms with Gasteiger partial charge < -0.3 is 19.6 Å². The van der Waals surface area contributed by atoms with Crippen LogP contribution in [0.4, 0.5) is 18.9 Å². The lowest BCUT2D eigenvalue weighted by molar-refractivity contribution is -0.137. The van der Waals surface area contributed by atoms with Crippen LogP contribution >= 0.6 is 11.6 Å². The maximum Gasteiger partial charge on any atom is 0.416 e. The molecule has 1 aliphatic heterocycles. The van der Waals surface area contributed by atoms with E-state index in [0.29, 0.717) is 18.8 Å². The van der Waals surface area contributed by atoms with Gasteiger partial charge in [-0.2, -0.15) is 13.2 Å². The summed E-state index contributed by atoms with van der Waals surface area (Å²) in [6.07, 6.45) is -2.99. The Morgan fingerprint density at radius 3 is 2.40 bits per heavy atom. The standard InChI is InChI=1S/C24H19ClF3N3O4/c25-19-13-15(23(33)34)6-7-20(19)35-21-18(5-2-8-29-21)22(32)31-11-9-30(10-12-31)17-4-1-3-16(14-17)24(26,27)28/h1-8,13-14H,9-12H2,(H,33,34). The van der Waals surface area contributed by atoms with Crippen LogP contribution in [-0.2, 0) is 6.18 Å². The first-order valence-corrected chi connectivity index (χ1v) is 10.9. The summed E-state index contributed by atoms with van der Waals surface area (Å²) in [4.78, 5) is 31.8. The lowest BCUT2D eigenvalue weighted by Crippen LogP contribution is -2.48. The molecule has 1 amide bonds. The molecule has 1 saturated heterocycles. The number of pyridine rings is 1. The van der Waals surface area contributed by atoms with Crippen LogP contribution in [0.3, 0.4) is 0 Å². The lowest BCUT2D eigenvalue weighted by Gasteiger charge is -2.36. The molecule has 0 spiro atoms. The van der Waals surface area contributed by atoms with Gasteiger partial charge in [0, 0.05) is 38.1 Å². The summed E-state index contributed by atoms with van der Waals surface area (Å²) in [7, 11) is 0. The third-order valence-electron chi connectivity index (χ3n) is 5.49. The van der Waals surface area contributed by atoms with E-state index < -0.39 is 17.7 Å². The maximum absolute atomic E-state index is 13.2. The van der Waals surface area contributed by atoms with Gasteiger partial charge in [-0.3, -0.25) is 4.79 Å². The molecule has 2 heterocycles. The Balaban J connectivity index is 1.47. The number of piperazine rings is 1. The Morgan fingerprint density at radius 2 is 1.74 bits per heavy atom. The number of nitrogens with zero attached hydrogens (tertiary/aromatic N) is 3. The molecule has 2 aromatic carbocycles. The highest BCUT2D eigenvalue weighted by Crippen LogP contribution is 2.33. The van der Waals surface area contributed by atoms with Crippen LogP contribution in [0.5, 0.6) is 11.6 Å². The van der Waals surface area contributed by atoms with Gasteiger partial charge in [0.2, 0.25) is 5.88 Å². The number of carboxylic acid groups (broad SMARTS) is 1. The molecule has 1 N–H and O–H groups in total. The molecule has 1 aromatic heterocycles. The van der Waals surface area contributed by atoms with Crippen molar-refractivity contribution in [3.8, 4) is 11.6 Å². The lowest BCUT2D eigenvalue weighted by atomic mass is 10.1. The molecule has 0 aliphatic carbocycles. The summed E-state index contributed by atoms with van der Waals surface area (Å²) in [6, 6.07) is 12.2. The molecule has 0 saturated carbocycles. The van der Waals surface area contributed by atoms with Gasteiger partial charge in [0.15, 0.2) is 0 Å². The number of amides is 1. The van der Waals surface area contributed by atoms with E-state index in [4.69, 9.17) is 21.4 Å². The second-order valence-corrected chi connectivity index (χ2v) is 8.14. The van der Waals surface area contributed by atoms with Crippen LogP contribution in [0.2, 0.25) is 5.02 Å². The fourth-order valence-electron chi connectivity index (χ4n) is 3.67. The van der Waals surface area contributed by atoms with Gasteiger partial charge >= 0.3 is 12.1 Å². The topological polar surface area (TPSA) is 83.0 Å². The number of anilines is 1. The summed E-state index contributed by atoms with van der Waals surface area (Å²) in [6.45, 7) is 1.28. The summed E-state index contributed by atoms with van der Waals surface area (Å²) >= 11 is 6.13. The van der Waals surface area contributed by atoms with Crippen LogP contribution in [0, 0.1) is 0 Å². The van der Waals surface area contributed by atoms with Crippen LogP contribution in [0.15, 0.2) is 60.8 Å². The minimum Gasteiger partial charge on any atom is -0.478 e. The number of aromatic nitrogens is 1. The molecule has 0 unspecified atom stereocenters. The number of hydrogen-bond acceptors (Lipinski definition) is 5. The molecular formula is C24H19ClF3N3O4. The molecule has 0 atom stereocenters. The van der Waals surface area contributed by atoms with Crippen LogP contribution in [-0.4, -0.2) is 53.0 Å². The first-order chi connectivity index (χ1) is 16.6. The first kappa shape index (κ1) is 24.3. The smallest absolute Gasteiger partial charge is 0.416 e. The molecule has 182 valence electrons. The number of carbonyl (C=O) groups excluding carboxylic acids is 1. The number of hydrogen-bond donors (Lipinski definition) is 1. The Kier molecular flexibility index (Phi) is 6.83. The van der Waals surface area contributed by atoms with E-state index in [1.807, 2.05) is 0 Å². The van der Waals surface area contributed by atoms with Gasteiger partial charge in [0.05, 0.1) is 16.1 Å². The van der Waals surface area contributed by atoms with Crippen molar-refractivity contribution < 1.29 is 32.6 Å². The maximum atomic E-state index is 13.2. The average Bonchev–Trinajstić information content (AvgIpc) is 2.85. The first-order valence-electron chi connectivity index (χ1n) is 10.5. The van der Waals surface area contributed by atoms with Crippen molar-refractivity contribution in [2.45, 2.75) is 6.18 Å². The Bertz CT molecular complexity index is 1260. The molecule has 7 nitrogen and oxygen atoms in total. The van der Waals surface area contributed by atoms with Crippen molar-refractivity contribution in [1.82, 2.24) is 9.88 Å². The SMILES string of the molecule is O=C(O)c1ccc(Oc2ncccc2C(=O)N2CCN(c3cccc(C(F)(F)F)c3)CC2)c(Cl)c1. The average molecular weight is 506 g/mol. The van der Waals surface area contributed by atoms with Gasteiger partial charge in [-0.05, 0) is 48.5 Å². The molecule has 0 bridgehead atoms. The van der Waals surface area contributed by atoms with Gasteiger partial charge in [0.1, 0.15) is 11.3 Å². The molecule has 35 heavy (non-hydrogen) atoms. The molecule has 3 aromatic rings. The second-order valence-electron chi connectivity index (χ2n) is 7.74. The van der Waals surface area contributed by atoms with Crippen molar-refractivity contribution in [2.75, 3.05) is 31.1 Å². The van der Waals surface area contributed by atoms with E-state index in [9.17, 15) is 22.8 Å². The molecule has 1 fully saturated rings. The van der Waals surface area contributed by atoms with E-state index in [1.54, 1.807) is 28.0 Å². The van der Waals surface area contributed by atoms with Crippen LogP contribution in [0.1, 0.15) is 26.3 Å². The van der Waals surface area contributed by atoms with Gasteiger partial charge in [-0.1, -0.05) is 17.7 Å². The zero-order valence-corrected chi connectivity index (χ0v) is 18.9. The van der Waals surface area contributed by atoms with Crippen molar-refractivity contribution in [3.63, 3.8) is 0 Å². The summed E-state index contributed by atoms with van der Waals surface area (Å²) in [5.74, 6) is -1.35. The van der Waals surface area contributed by atoms with Gasteiger partial charge in [0.25, 0.3) is 5.91 Å². The molecule has 0 radical (unpaired) electrons. The summed E-state index contributed by atoms with van der Waals surface area (Å²) in [5, 5.41) is 9.12. The number of carbonyl (C=O) groups is 2. The monoisotopic (exact) mass is 505 g/mol. The predicted octanol–water partition coefficient (Wildman–Crippen LogP) is 5.21. The highest BCUT2D eigenvalue weighted by Gasteiger charge is 2.31. The predicted molar refractivity (Wildman–Crippen MR) is 122 cm³/mol. The van der Waals surface area contributed by atoms with E-state index in [0.717, 1.165) is 12.1 Å². The van der Waals surface area contributed by atoms with Gasteiger partial charge in [-0.15, -0.1) is 0 Å². The van der Waals surface area contributed by atoms with Crippen LogP contribution in [0.25, 0.3) is 0 Å². The Morgan fingerprint density at radius 1 is 1.00 bits per heavy atom. The molecule has 4 rings (SSSR count). The number of ether oxygens (including phenoxy) is 1. The van der Waals surface area contributed by atoms with Crippen molar-refractivity contribution in [1.29, 1.82) is 0 Å². The fraction of sp³-hybridized carbons (Fsp3) is 0.208. The van der Waals surface area contributed by atoms with Crippen molar-refractivity contribution in [3.05, 3.63) is 82.5 Å². The van der Waals surface area contributed by atoms with Gasteiger partial charge in [-0.25, -0.2) is 9.78 Å². The summed E-state index contributed by atoms with van der Waals surface area (Å²) < 4.78 is 44.8. The van der Waals surface area contributed by atoms with Crippen molar-refractivity contribution in [2.24, 2.45) is 0 Å². The minimum atomic E-state index is -4.43. The zero-order valence-electron chi connectivity index (χ0n) is 18.1.